The molecule has 1 unspecified atom stereocenters. The highest BCUT2D eigenvalue weighted by atomic mass is 15.1. The summed E-state index contributed by atoms with van der Waals surface area (Å²) in [7, 11) is 0. The highest BCUT2D eigenvalue weighted by molar-refractivity contribution is 5.51. The average Bonchev–Trinajstić information content (AvgIpc) is 2.89. The maximum absolute atomic E-state index is 3.53. The Balaban J connectivity index is 1.95. The molecule has 1 aromatic carbocycles. The molecule has 0 amide bonds. The molecule has 1 N–H and O–H groups in total. The molecule has 2 rings (SSSR count). The number of benzene rings is 1. The highest BCUT2D eigenvalue weighted by Crippen LogP contribution is 2.27. The summed E-state index contributed by atoms with van der Waals surface area (Å²) in [6.07, 6.45) is 2.67. The topological polar surface area (TPSA) is 15.3 Å². The summed E-state index contributed by atoms with van der Waals surface area (Å²) in [5.74, 6) is 1.60. The van der Waals surface area contributed by atoms with E-state index in [1.54, 1.807) is 0 Å². The average molecular weight is 274 g/mol. The van der Waals surface area contributed by atoms with E-state index >= 15 is 0 Å². The molecule has 0 saturated carbocycles. The zero-order chi connectivity index (χ0) is 14.5. The first-order chi connectivity index (χ1) is 9.60. The van der Waals surface area contributed by atoms with Crippen molar-refractivity contribution < 1.29 is 0 Å². The van der Waals surface area contributed by atoms with Gasteiger partial charge in [-0.2, -0.15) is 0 Å². The van der Waals surface area contributed by atoms with Gasteiger partial charge in [0.2, 0.25) is 0 Å². The van der Waals surface area contributed by atoms with Crippen LogP contribution in [-0.2, 0) is 6.54 Å². The van der Waals surface area contributed by atoms with Gasteiger partial charge in [0.1, 0.15) is 0 Å². The zero-order valence-corrected chi connectivity index (χ0v) is 13.6. The van der Waals surface area contributed by atoms with E-state index in [0.29, 0.717) is 5.92 Å². The molecule has 112 valence electrons. The Morgan fingerprint density at radius 1 is 1.35 bits per heavy atom. The van der Waals surface area contributed by atoms with Crippen LogP contribution >= 0.6 is 0 Å². The molecule has 1 saturated heterocycles. The predicted molar refractivity (Wildman–Crippen MR) is 88.3 cm³/mol. The Hall–Kier alpha value is -1.02. The van der Waals surface area contributed by atoms with Crippen molar-refractivity contribution in [3.05, 3.63) is 29.3 Å². The molecule has 1 aliphatic rings. The lowest BCUT2D eigenvalue weighted by Gasteiger charge is -2.20. The molecule has 1 aliphatic heterocycles. The van der Waals surface area contributed by atoms with Crippen molar-refractivity contribution in [1.82, 2.24) is 5.32 Å². The maximum atomic E-state index is 3.53. The molecule has 1 atom stereocenters. The molecule has 0 spiro atoms. The lowest BCUT2D eigenvalue weighted by molar-refractivity contribution is 0.551. The van der Waals surface area contributed by atoms with Crippen molar-refractivity contribution in [2.45, 2.75) is 47.1 Å². The minimum absolute atomic E-state index is 0.713. The van der Waals surface area contributed by atoms with Gasteiger partial charge < -0.3 is 10.2 Å². The van der Waals surface area contributed by atoms with Crippen LogP contribution in [0.25, 0.3) is 0 Å². The Morgan fingerprint density at radius 2 is 2.15 bits per heavy atom. The van der Waals surface area contributed by atoms with E-state index < -0.39 is 0 Å². The van der Waals surface area contributed by atoms with E-state index in [1.165, 1.54) is 42.7 Å². The van der Waals surface area contributed by atoms with Crippen LogP contribution in [0.3, 0.4) is 0 Å². The van der Waals surface area contributed by atoms with E-state index in [9.17, 15) is 0 Å². The molecule has 0 radical (unpaired) electrons. The fourth-order valence-corrected chi connectivity index (χ4v) is 2.97. The SMILES string of the molecule is CCC1CCN(c2ccc(CNCC(C)C)c(C)c2)C1. The van der Waals surface area contributed by atoms with Gasteiger partial charge in [-0.05, 0) is 55.0 Å². The number of rotatable bonds is 6. The summed E-state index contributed by atoms with van der Waals surface area (Å²) in [5.41, 5.74) is 4.26. The summed E-state index contributed by atoms with van der Waals surface area (Å²) in [6, 6.07) is 6.97. The second kappa shape index (κ2) is 7.12. The fraction of sp³-hybridized carbons (Fsp3) is 0.667. The van der Waals surface area contributed by atoms with Crippen LogP contribution in [-0.4, -0.2) is 19.6 Å². The van der Waals surface area contributed by atoms with Gasteiger partial charge in [0, 0.05) is 25.3 Å². The first-order valence-corrected chi connectivity index (χ1v) is 8.15. The van der Waals surface area contributed by atoms with Crippen LogP contribution in [0.2, 0.25) is 0 Å². The van der Waals surface area contributed by atoms with Crippen LogP contribution in [0.4, 0.5) is 5.69 Å². The van der Waals surface area contributed by atoms with Crippen molar-refractivity contribution in [3.8, 4) is 0 Å². The quantitative estimate of drug-likeness (QED) is 0.844. The van der Waals surface area contributed by atoms with E-state index in [4.69, 9.17) is 0 Å². The van der Waals surface area contributed by atoms with E-state index in [-0.39, 0.29) is 0 Å². The van der Waals surface area contributed by atoms with Crippen LogP contribution in [0.5, 0.6) is 0 Å². The second-order valence-electron chi connectivity index (χ2n) is 6.64. The Morgan fingerprint density at radius 3 is 2.75 bits per heavy atom. The third-order valence-corrected chi connectivity index (χ3v) is 4.42. The zero-order valence-electron chi connectivity index (χ0n) is 13.6. The molecule has 1 fully saturated rings. The third-order valence-electron chi connectivity index (χ3n) is 4.42. The van der Waals surface area contributed by atoms with Crippen molar-refractivity contribution in [2.75, 3.05) is 24.5 Å². The normalized spacial score (nSPS) is 19.1. The molecular weight excluding hydrogens is 244 g/mol. The molecule has 0 aromatic heterocycles. The largest absolute Gasteiger partial charge is 0.371 e. The van der Waals surface area contributed by atoms with Crippen LogP contribution in [0.15, 0.2) is 18.2 Å². The fourth-order valence-electron chi connectivity index (χ4n) is 2.97. The summed E-state index contributed by atoms with van der Waals surface area (Å²) < 4.78 is 0. The van der Waals surface area contributed by atoms with Crippen molar-refractivity contribution >= 4 is 5.69 Å². The Bertz CT molecular complexity index is 425. The third kappa shape index (κ3) is 3.99. The van der Waals surface area contributed by atoms with Crippen LogP contribution in [0.1, 0.15) is 44.7 Å². The van der Waals surface area contributed by atoms with E-state index in [2.05, 4.69) is 56.1 Å². The summed E-state index contributed by atoms with van der Waals surface area (Å²) in [5, 5.41) is 3.53. The van der Waals surface area contributed by atoms with Gasteiger partial charge in [-0.1, -0.05) is 33.3 Å². The molecule has 20 heavy (non-hydrogen) atoms. The maximum Gasteiger partial charge on any atom is 0.0369 e. The van der Waals surface area contributed by atoms with Gasteiger partial charge in [0.25, 0.3) is 0 Å². The molecular formula is C18H30N2. The van der Waals surface area contributed by atoms with Gasteiger partial charge in [-0.25, -0.2) is 0 Å². The lowest BCUT2D eigenvalue weighted by Crippen LogP contribution is -2.21. The number of nitrogens with zero attached hydrogens (tertiary/aromatic N) is 1. The Labute approximate surface area is 124 Å². The van der Waals surface area contributed by atoms with Gasteiger partial charge >= 0.3 is 0 Å². The minimum Gasteiger partial charge on any atom is -0.371 e. The summed E-state index contributed by atoms with van der Waals surface area (Å²) in [6.45, 7) is 13.6. The van der Waals surface area contributed by atoms with E-state index in [0.717, 1.165) is 19.0 Å². The molecule has 2 heteroatoms. The molecule has 1 aromatic rings. The van der Waals surface area contributed by atoms with Crippen LogP contribution in [0, 0.1) is 18.8 Å². The number of hydrogen-bond acceptors (Lipinski definition) is 2. The van der Waals surface area contributed by atoms with Gasteiger partial charge in [-0.15, -0.1) is 0 Å². The summed E-state index contributed by atoms with van der Waals surface area (Å²) >= 11 is 0. The van der Waals surface area contributed by atoms with Gasteiger partial charge in [0.15, 0.2) is 0 Å². The van der Waals surface area contributed by atoms with Gasteiger partial charge in [-0.3, -0.25) is 0 Å². The minimum atomic E-state index is 0.713. The van der Waals surface area contributed by atoms with Crippen molar-refractivity contribution in [1.29, 1.82) is 0 Å². The number of hydrogen-bond donors (Lipinski definition) is 1. The van der Waals surface area contributed by atoms with Crippen LogP contribution < -0.4 is 10.2 Å². The van der Waals surface area contributed by atoms with E-state index in [1.807, 2.05) is 0 Å². The first kappa shape index (κ1) is 15.4. The molecule has 0 aliphatic carbocycles. The monoisotopic (exact) mass is 274 g/mol. The lowest BCUT2D eigenvalue weighted by atomic mass is 10.1. The highest BCUT2D eigenvalue weighted by Gasteiger charge is 2.21. The molecule has 1 heterocycles. The summed E-state index contributed by atoms with van der Waals surface area (Å²) in [4.78, 5) is 2.55. The second-order valence-corrected chi connectivity index (χ2v) is 6.64. The van der Waals surface area contributed by atoms with Gasteiger partial charge in [0.05, 0.1) is 0 Å². The predicted octanol–water partition coefficient (Wildman–Crippen LogP) is 3.98. The first-order valence-electron chi connectivity index (χ1n) is 8.15. The standard InChI is InChI=1S/C18H30N2/c1-5-16-8-9-20(13-16)18-7-6-17(15(4)10-18)12-19-11-14(2)3/h6-7,10,14,16,19H,5,8-9,11-13H2,1-4H3. The van der Waals surface area contributed by atoms with Crippen molar-refractivity contribution in [3.63, 3.8) is 0 Å². The van der Waals surface area contributed by atoms with Crippen molar-refractivity contribution in [2.24, 2.45) is 11.8 Å². The molecule has 2 nitrogen and oxygen atoms in total. The smallest absolute Gasteiger partial charge is 0.0369 e. The number of aryl methyl sites for hydroxylation is 1. The molecule has 0 bridgehead atoms. The number of nitrogens with one attached hydrogen (secondary N) is 1. The number of anilines is 1. The Kier molecular flexibility index (Phi) is 5.47.